The van der Waals surface area contributed by atoms with Crippen LogP contribution in [0.4, 0.5) is 57.1 Å². The van der Waals surface area contributed by atoms with E-state index in [0.29, 0.717) is 0 Å². The van der Waals surface area contributed by atoms with E-state index < -0.39 is 55.6 Å². The minimum absolute atomic E-state index is 0.165. The number of alkyl halides is 13. The van der Waals surface area contributed by atoms with Crippen molar-refractivity contribution in [2.24, 2.45) is 0 Å². The molecule has 0 amide bonds. The van der Waals surface area contributed by atoms with Gasteiger partial charge in [-0.25, -0.2) is 8.78 Å². The molecule has 0 heterocycles. The third-order valence-corrected chi connectivity index (χ3v) is 5.63. The average molecular weight is 441 g/mol. The first-order chi connectivity index (χ1) is 10.5. The molecule has 0 aliphatic rings. The molecular weight excluding hydrogens is 431 g/mol. The second-order valence-electron chi connectivity index (χ2n) is 5.59. The molecule has 0 atom stereocenters. The Hall–Kier alpha value is -0.403. The smallest absolute Gasteiger partial charge is 0.203 e. The summed E-state index contributed by atoms with van der Waals surface area (Å²) in [5.41, 5.74) is -5.99. The first-order valence-corrected chi connectivity index (χ1v) is 10.1. The van der Waals surface area contributed by atoms with Crippen LogP contribution in [0.3, 0.4) is 0 Å². The highest BCUT2D eigenvalue weighted by Gasteiger charge is 2.87. The van der Waals surface area contributed by atoms with E-state index in [0.717, 1.165) is 0 Å². The molecule has 15 heteroatoms. The van der Waals surface area contributed by atoms with Gasteiger partial charge in [-0.05, 0) is 0 Å². The van der Waals surface area contributed by atoms with Crippen LogP contribution in [0.1, 0.15) is 12.8 Å². The summed E-state index contributed by atoms with van der Waals surface area (Å²) in [5.74, 6) is -28.0. The van der Waals surface area contributed by atoms with Crippen molar-refractivity contribution in [3.8, 4) is 0 Å². The minimum Gasteiger partial charge on any atom is -0.203 e. The molecule has 0 aromatic rings. The van der Waals surface area contributed by atoms with E-state index in [4.69, 9.17) is 11.1 Å². The summed E-state index contributed by atoms with van der Waals surface area (Å²) in [5, 5.41) is 0. The van der Waals surface area contributed by atoms with Crippen molar-refractivity contribution in [3.05, 3.63) is 0 Å². The highest BCUT2D eigenvalue weighted by atomic mass is 35.6. The van der Waals surface area contributed by atoms with Gasteiger partial charge in [-0.3, -0.25) is 0 Å². The fourth-order valence-electron chi connectivity index (χ4n) is 1.45. The van der Waals surface area contributed by atoms with Crippen LogP contribution < -0.4 is 0 Å². The van der Waals surface area contributed by atoms with E-state index in [9.17, 15) is 57.1 Å². The van der Waals surface area contributed by atoms with E-state index in [1.807, 2.05) is 0 Å². The SMILES string of the molecule is C[Si](C)(Cl)C(F)(F)C(F)(F)C(F)(F)C(F)(F)C(F)(F)CCC(F)(F)F. The molecule has 0 bridgehead atoms. The van der Waals surface area contributed by atoms with Crippen molar-refractivity contribution in [1.82, 2.24) is 0 Å². The van der Waals surface area contributed by atoms with Gasteiger partial charge in [-0.1, -0.05) is 13.1 Å². The zero-order valence-corrected chi connectivity index (χ0v) is 14.0. The Morgan fingerprint density at radius 3 is 1.24 bits per heavy atom. The van der Waals surface area contributed by atoms with Crippen LogP contribution >= 0.6 is 11.1 Å². The normalized spacial score (nSPS) is 16.3. The highest BCUT2D eigenvalue weighted by molar-refractivity contribution is 7.20. The standard InChI is InChI=1S/C10H10ClF13Si/c1-25(2,11)10(23,24)9(21,22)8(19,20)7(17,18)5(12,13)3-4-6(14,15)16/h3-4H2,1-2H3. The van der Waals surface area contributed by atoms with Crippen LogP contribution in [0, 0.1) is 0 Å². The average Bonchev–Trinajstić information content (AvgIpc) is 2.33. The Balaban J connectivity index is 6.03. The lowest BCUT2D eigenvalue weighted by atomic mass is 9.95. The van der Waals surface area contributed by atoms with Gasteiger partial charge in [0.1, 0.15) is 0 Å². The lowest BCUT2D eigenvalue weighted by Crippen LogP contribution is -2.71. The van der Waals surface area contributed by atoms with Crippen LogP contribution in [0.15, 0.2) is 0 Å². The first kappa shape index (κ1) is 24.6. The summed E-state index contributed by atoms with van der Waals surface area (Å²) in [4.78, 5) is 0. The van der Waals surface area contributed by atoms with Crippen molar-refractivity contribution in [3.63, 3.8) is 0 Å². The molecule has 0 unspecified atom stereocenters. The first-order valence-electron chi connectivity index (χ1n) is 6.10. The van der Waals surface area contributed by atoms with Crippen LogP contribution in [-0.4, -0.2) is 42.8 Å². The molecule has 0 aliphatic carbocycles. The van der Waals surface area contributed by atoms with Crippen molar-refractivity contribution in [2.45, 2.75) is 61.3 Å². The fraction of sp³-hybridized carbons (Fsp3) is 1.00. The van der Waals surface area contributed by atoms with Gasteiger partial charge in [-0.2, -0.15) is 59.4 Å². The van der Waals surface area contributed by atoms with Gasteiger partial charge >= 0.3 is 35.4 Å². The molecule has 25 heavy (non-hydrogen) atoms. The Morgan fingerprint density at radius 2 is 0.960 bits per heavy atom. The zero-order chi connectivity index (χ0) is 20.9. The van der Waals surface area contributed by atoms with Crippen molar-refractivity contribution in [1.29, 1.82) is 0 Å². The van der Waals surface area contributed by atoms with Crippen molar-refractivity contribution >= 4 is 18.5 Å². The summed E-state index contributed by atoms with van der Waals surface area (Å²) < 4.78 is 169. The molecule has 0 saturated carbocycles. The lowest BCUT2D eigenvalue weighted by molar-refractivity contribution is -0.392. The molecule has 152 valence electrons. The van der Waals surface area contributed by atoms with E-state index >= 15 is 0 Å². The molecule has 0 spiro atoms. The Morgan fingerprint density at radius 1 is 0.600 bits per heavy atom. The van der Waals surface area contributed by atoms with Crippen molar-refractivity contribution in [2.75, 3.05) is 0 Å². The van der Waals surface area contributed by atoms with Crippen molar-refractivity contribution < 1.29 is 57.1 Å². The summed E-state index contributed by atoms with van der Waals surface area (Å²) >= 11 is 4.90. The third-order valence-electron chi connectivity index (χ3n) is 3.11. The van der Waals surface area contributed by atoms with E-state index in [2.05, 4.69) is 0 Å². The van der Waals surface area contributed by atoms with Crippen LogP contribution in [0.2, 0.25) is 13.1 Å². The predicted molar refractivity (Wildman–Crippen MR) is 63.4 cm³/mol. The van der Waals surface area contributed by atoms with E-state index in [-0.39, 0.29) is 13.1 Å². The van der Waals surface area contributed by atoms with E-state index in [1.165, 1.54) is 0 Å². The van der Waals surface area contributed by atoms with Gasteiger partial charge in [0.2, 0.25) is 7.38 Å². The summed E-state index contributed by atoms with van der Waals surface area (Å²) in [6.07, 6.45) is -11.3. The molecule has 0 aliphatic heterocycles. The largest absolute Gasteiger partial charge is 0.389 e. The molecule has 0 fully saturated rings. The van der Waals surface area contributed by atoms with Gasteiger partial charge in [0.05, 0.1) is 0 Å². The van der Waals surface area contributed by atoms with Crippen LogP contribution in [0.5, 0.6) is 0 Å². The van der Waals surface area contributed by atoms with Crippen LogP contribution in [0.25, 0.3) is 0 Å². The van der Waals surface area contributed by atoms with Gasteiger partial charge < -0.3 is 0 Å². The number of hydrogen-bond acceptors (Lipinski definition) is 0. The second-order valence-corrected chi connectivity index (χ2v) is 12.0. The Bertz CT molecular complexity index is 476. The lowest BCUT2D eigenvalue weighted by Gasteiger charge is -2.42. The molecule has 0 rings (SSSR count). The predicted octanol–water partition coefficient (Wildman–Crippen LogP) is 6.49. The number of halogens is 14. The maximum atomic E-state index is 13.4. The highest BCUT2D eigenvalue weighted by Crippen LogP contribution is 2.60. The Kier molecular flexibility index (Phi) is 6.24. The Labute approximate surface area is 138 Å². The van der Waals surface area contributed by atoms with Gasteiger partial charge in [0.15, 0.2) is 0 Å². The summed E-state index contributed by atoms with van der Waals surface area (Å²) in [6.45, 7) is 0.330. The third kappa shape index (κ3) is 4.13. The molecule has 0 radical (unpaired) electrons. The summed E-state index contributed by atoms with van der Waals surface area (Å²) in [7, 11) is -5.17. The van der Waals surface area contributed by atoms with E-state index in [1.54, 1.807) is 0 Å². The maximum Gasteiger partial charge on any atom is 0.389 e. The number of hydrogen-bond donors (Lipinski definition) is 0. The minimum atomic E-state index is -7.39. The molecule has 0 N–H and O–H groups in total. The maximum absolute atomic E-state index is 13.4. The zero-order valence-electron chi connectivity index (χ0n) is 12.2. The van der Waals surface area contributed by atoms with Crippen LogP contribution in [-0.2, 0) is 0 Å². The topological polar surface area (TPSA) is 0 Å². The molecular formula is C10H10ClF13Si. The second kappa shape index (κ2) is 6.34. The monoisotopic (exact) mass is 440 g/mol. The molecule has 0 aromatic heterocycles. The van der Waals surface area contributed by atoms with Gasteiger partial charge in [-0.15, -0.1) is 0 Å². The molecule has 0 aromatic carbocycles. The van der Waals surface area contributed by atoms with Gasteiger partial charge in [0, 0.05) is 12.8 Å². The molecule has 0 saturated heterocycles. The fourth-order valence-corrected chi connectivity index (χ4v) is 2.71. The van der Waals surface area contributed by atoms with Gasteiger partial charge in [0.25, 0.3) is 0 Å². The number of rotatable bonds is 7. The quantitative estimate of drug-likeness (QED) is 0.241. The molecule has 0 nitrogen and oxygen atoms in total. The summed E-state index contributed by atoms with van der Waals surface area (Å²) in [6, 6.07) is 0.